The fraction of sp³-hybridized carbons (Fsp3) is 0.200. The van der Waals surface area contributed by atoms with E-state index in [1.54, 1.807) is 0 Å². The molecule has 0 unspecified atom stereocenters. The molecule has 1 rings (SSSR count). The van der Waals surface area contributed by atoms with Crippen molar-refractivity contribution in [2.24, 2.45) is 0 Å². The molecule has 4 nitrogen and oxygen atoms in total. The Morgan fingerprint density at radius 2 is 2.12 bits per heavy atom. The van der Waals surface area contributed by atoms with E-state index >= 15 is 0 Å². The van der Waals surface area contributed by atoms with Crippen molar-refractivity contribution in [3.63, 3.8) is 0 Å². The summed E-state index contributed by atoms with van der Waals surface area (Å²) in [6, 6.07) is 1.98. The number of terminal acetylenes is 1. The number of halogens is 3. The van der Waals surface area contributed by atoms with Gasteiger partial charge in [0.2, 0.25) is 0 Å². The minimum atomic E-state index is -4.64. The number of rotatable bonds is 3. The summed E-state index contributed by atoms with van der Waals surface area (Å²) < 4.78 is 41.7. The van der Waals surface area contributed by atoms with Gasteiger partial charge in [-0.15, -0.1) is 6.42 Å². The number of alkyl halides is 3. The molecular formula is C10H6F3NO3. The van der Waals surface area contributed by atoms with Crippen LogP contribution in [0.3, 0.4) is 0 Å². The van der Waals surface area contributed by atoms with Gasteiger partial charge < -0.3 is 4.74 Å². The summed E-state index contributed by atoms with van der Waals surface area (Å²) in [5.41, 5.74) is -1.88. The first-order valence-electron chi connectivity index (χ1n) is 4.28. The largest absolute Gasteiger partial charge is 0.474 e. The van der Waals surface area contributed by atoms with Gasteiger partial charge in [-0.3, -0.25) is 10.1 Å². The average molecular weight is 245 g/mol. The molecule has 0 saturated carbocycles. The number of nitrogens with zero attached hydrogens (tertiary/aromatic N) is 1. The van der Waals surface area contributed by atoms with Crippen LogP contribution in [-0.2, 0) is 6.18 Å². The van der Waals surface area contributed by atoms with Crippen molar-refractivity contribution in [3.8, 4) is 18.1 Å². The van der Waals surface area contributed by atoms with Gasteiger partial charge in [-0.05, 0) is 12.1 Å². The van der Waals surface area contributed by atoms with Crippen LogP contribution in [0, 0.1) is 22.5 Å². The van der Waals surface area contributed by atoms with Crippen LogP contribution in [0.5, 0.6) is 5.75 Å². The van der Waals surface area contributed by atoms with Crippen molar-refractivity contribution in [2.45, 2.75) is 6.18 Å². The fourth-order valence-electron chi connectivity index (χ4n) is 1.08. The van der Waals surface area contributed by atoms with Crippen molar-refractivity contribution in [2.75, 3.05) is 6.61 Å². The first kappa shape index (κ1) is 12.8. The Morgan fingerprint density at radius 3 is 2.59 bits per heavy atom. The molecule has 1 aromatic rings. The van der Waals surface area contributed by atoms with Crippen molar-refractivity contribution in [3.05, 3.63) is 33.9 Å². The normalized spacial score (nSPS) is 10.7. The molecule has 1 aromatic carbocycles. The summed E-state index contributed by atoms with van der Waals surface area (Å²) in [5, 5.41) is 10.6. The smallest absolute Gasteiger partial charge is 0.416 e. The Labute approximate surface area is 94.2 Å². The molecule has 0 bridgehead atoms. The Bertz CT molecular complexity index is 477. The molecule has 0 aromatic heterocycles. The van der Waals surface area contributed by atoms with Gasteiger partial charge in [-0.25, -0.2) is 0 Å². The molecule has 0 heterocycles. The lowest BCUT2D eigenvalue weighted by atomic mass is 10.2. The highest BCUT2D eigenvalue weighted by Crippen LogP contribution is 2.35. The van der Waals surface area contributed by atoms with Crippen LogP contribution in [0.4, 0.5) is 18.9 Å². The van der Waals surface area contributed by atoms with Crippen LogP contribution >= 0.6 is 0 Å². The summed E-state index contributed by atoms with van der Waals surface area (Å²) in [4.78, 5) is 9.61. The highest BCUT2D eigenvalue weighted by atomic mass is 19.4. The van der Waals surface area contributed by atoms with Crippen molar-refractivity contribution < 1.29 is 22.8 Å². The SMILES string of the molecule is C#CCOc1ccc(C(F)(F)F)cc1[N+](=O)[O-]. The number of hydrogen-bond donors (Lipinski definition) is 0. The Hall–Kier alpha value is -2.23. The Balaban J connectivity index is 3.18. The van der Waals surface area contributed by atoms with E-state index in [9.17, 15) is 23.3 Å². The zero-order chi connectivity index (χ0) is 13.1. The van der Waals surface area contributed by atoms with E-state index in [2.05, 4.69) is 5.92 Å². The standard InChI is InChI=1S/C10H6F3NO3/c1-2-5-17-9-4-3-7(10(11,12)13)6-8(9)14(15)16/h1,3-4,6H,5H2. The van der Waals surface area contributed by atoms with Crippen LogP contribution in [0.2, 0.25) is 0 Å². The van der Waals surface area contributed by atoms with Crippen molar-refractivity contribution in [1.82, 2.24) is 0 Å². The van der Waals surface area contributed by atoms with Crippen molar-refractivity contribution >= 4 is 5.69 Å². The topological polar surface area (TPSA) is 52.4 Å². The second-order valence-electron chi connectivity index (χ2n) is 2.93. The van der Waals surface area contributed by atoms with E-state index in [4.69, 9.17) is 11.2 Å². The molecule has 0 atom stereocenters. The first-order chi connectivity index (χ1) is 7.86. The maximum Gasteiger partial charge on any atom is 0.416 e. The summed E-state index contributed by atoms with van der Waals surface area (Å²) in [6.07, 6.45) is 0.233. The van der Waals surface area contributed by atoms with Crippen LogP contribution in [0.1, 0.15) is 5.56 Å². The minimum Gasteiger partial charge on any atom is -0.474 e. The van der Waals surface area contributed by atoms with Gasteiger partial charge in [0.25, 0.3) is 0 Å². The van der Waals surface area contributed by atoms with Crippen LogP contribution in [0.15, 0.2) is 18.2 Å². The third-order valence-electron chi connectivity index (χ3n) is 1.79. The lowest BCUT2D eigenvalue weighted by Crippen LogP contribution is -2.06. The molecule has 0 aliphatic heterocycles. The maximum atomic E-state index is 12.3. The second kappa shape index (κ2) is 4.74. The minimum absolute atomic E-state index is 0.258. The predicted molar refractivity (Wildman–Crippen MR) is 52.4 cm³/mol. The zero-order valence-corrected chi connectivity index (χ0v) is 8.32. The zero-order valence-electron chi connectivity index (χ0n) is 8.32. The van der Waals surface area contributed by atoms with Gasteiger partial charge in [0.1, 0.15) is 6.61 Å². The van der Waals surface area contributed by atoms with Crippen molar-refractivity contribution in [1.29, 1.82) is 0 Å². The van der Waals surface area contributed by atoms with Crippen LogP contribution in [-0.4, -0.2) is 11.5 Å². The predicted octanol–water partition coefficient (Wildman–Crippen LogP) is 2.63. The van der Waals surface area contributed by atoms with Gasteiger partial charge in [-0.1, -0.05) is 5.92 Å². The quantitative estimate of drug-likeness (QED) is 0.467. The molecule has 17 heavy (non-hydrogen) atoms. The van der Waals surface area contributed by atoms with E-state index in [0.717, 1.165) is 6.07 Å². The van der Waals surface area contributed by atoms with E-state index < -0.39 is 22.4 Å². The molecule has 0 amide bonds. The summed E-state index contributed by atoms with van der Waals surface area (Å²) in [6.45, 7) is -0.258. The molecule has 0 radical (unpaired) electrons. The number of ether oxygens (including phenoxy) is 1. The molecule has 0 fully saturated rings. The van der Waals surface area contributed by atoms with E-state index in [1.165, 1.54) is 0 Å². The third-order valence-corrected chi connectivity index (χ3v) is 1.79. The molecule has 90 valence electrons. The second-order valence-corrected chi connectivity index (χ2v) is 2.93. The summed E-state index contributed by atoms with van der Waals surface area (Å²) >= 11 is 0. The molecule has 0 N–H and O–H groups in total. The van der Waals surface area contributed by atoms with Gasteiger partial charge in [0.15, 0.2) is 5.75 Å². The number of nitro groups is 1. The van der Waals surface area contributed by atoms with Gasteiger partial charge in [-0.2, -0.15) is 13.2 Å². The maximum absolute atomic E-state index is 12.3. The lowest BCUT2D eigenvalue weighted by molar-refractivity contribution is -0.386. The summed E-state index contributed by atoms with van der Waals surface area (Å²) in [7, 11) is 0. The Morgan fingerprint density at radius 1 is 1.47 bits per heavy atom. The molecule has 0 aliphatic rings. The average Bonchev–Trinajstić information content (AvgIpc) is 2.24. The van der Waals surface area contributed by atoms with Gasteiger partial charge in [0.05, 0.1) is 10.5 Å². The number of nitro benzene ring substituents is 1. The van der Waals surface area contributed by atoms with E-state index in [-0.39, 0.29) is 12.4 Å². The molecule has 7 heteroatoms. The van der Waals surface area contributed by atoms with Crippen LogP contribution < -0.4 is 4.74 Å². The van der Waals surface area contributed by atoms with Gasteiger partial charge >= 0.3 is 11.9 Å². The third kappa shape index (κ3) is 3.11. The highest BCUT2D eigenvalue weighted by Gasteiger charge is 2.33. The Kier molecular flexibility index (Phi) is 3.58. The fourth-order valence-corrected chi connectivity index (χ4v) is 1.08. The first-order valence-corrected chi connectivity index (χ1v) is 4.28. The molecule has 0 spiro atoms. The van der Waals surface area contributed by atoms with E-state index in [1.807, 2.05) is 0 Å². The summed E-state index contributed by atoms with van der Waals surface area (Å²) in [5.74, 6) is 1.77. The van der Waals surface area contributed by atoms with Crippen LogP contribution in [0.25, 0.3) is 0 Å². The molecule has 0 saturated heterocycles. The number of hydrogen-bond acceptors (Lipinski definition) is 3. The molecular weight excluding hydrogens is 239 g/mol. The van der Waals surface area contributed by atoms with E-state index in [0.29, 0.717) is 12.1 Å². The highest BCUT2D eigenvalue weighted by molar-refractivity contribution is 5.49. The van der Waals surface area contributed by atoms with Gasteiger partial charge in [0, 0.05) is 6.07 Å². The molecule has 0 aliphatic carbocycles. The number of benzene rings is 1. The monoisotopic (exact) mass is 245 g/mol. The lowest BCUT2D eigenvalue weighted by Gasteiger charge is -2.08.